The molecule has 4 rings (SSSR count). The van der Waals surface area contributed by atoms with Crippen LogP contribution < -0.4 is 5.56 Å². The van der Waals surface area contributed by atoms with Gasteiger partial charge in [-0.05, 0) is 24.1 Å². The minimum atomic E-state index is 0.0220. The lowest BCUT2D eigenvalue weighted by molar-refractivity contribution is 0.242. The molecule has 124 valence electrons. The summed E-state index contributed by atoms with van der Waals surface area (Å²) in [4.78, 5) is 29.8. The summed E-state index contributed by atoms with van der Waals surface area (Å²) in [7, 11) is 0. The van der Waals surface area contributed by atoms with Crippen molar-refractivity contribution >= 4 is 11.0 Å². The Bertz CT molecular complexity index is 927. The largest absolute Gasteiger partial charge is 0.346 e. The summed E-state index contributed by atoms with van der Waals surface area (Å²) < 4.78 is 0. The summed E-state index contributed by atoms with van der Waals surface area (Å²) in [5, 5.41) is 1.15. The molecule has 6 heteroatoms. The molecule has 24 heavy (non-hydrogen) atoms. The van der Waals surface area contributed by atoms with Crippen LogP contribution >= 0.6 is 0 Å². The van der Waals surface area contributed by atoms with E-state index in [1.165, 1.54) is 5.56 Å². The van der Waals surface area contributed by atoms with E-state index in [4.69, 9.17) is 0 Å². The van der Waals surface area contributed by atoms with Crippen LogP contribution in [-0.4, -0.2) is 31.4 Å². The Morgan fingerprint density at radius 3 is 3.17 bits per heavy atom. The smallest absolute Gasteiger partial charge is 0.255 e. The Balaban J connectivity index is 1.57. The predicted molar refractivity (Wildman–Crippen MR) is 92.8 cm³/mol. The fraction of sp³-hybridized carbons (Fsp3) is 0.389. The molecule has 3 aromatic rings. The molecule has 0 saturated carbocycles. The van der Waals surface area contributed by atoms with Crippen LogP contribution in [0, 0.1) is 0 Å². The third-order valence-corrected chi connectivity index (χ3v) is 4.61. The van der Waals surface area contributed by atoms with Gasteiger partial charge < -0.3 is 9.97 Å². The molecule has 0 bridgehead atoms. The van der Waals surface area contributed by atoms with Crippen molar-refractivity contribution in [2.75, 3.05) is 6.54 Å². The number of pyridine rings is 1. The van der Waals surface area contributed by atoms with Crippen molar-refractivity contribution < 1.29 is 0 Å². The average Bonchev–Trinajstić information content (AvgIpc) is 2.99. The van der Waals surface area contributed by atoms with Gasteiger partial charge in [0.25, 0.3) is 5.56 Å². The Morgan fingerprint density at radius 1 is 1.38 bits per heavy atom. The normalized spacial score (nSPS) is 14.9. The molecule has 1 aliphatic heterocycles. The minimum absolute atomic E-state index is 0.0220. The first-order valence-corrected chi connectivity index (χ1v) is 8.49. The zero-order valence-corrected chi connectivity index (χ0v) is 13.8. The van der Waals surface area contributed by atoms with Crippen molar-refractivity contribution in [3.63, 3.8) is 0 Å². The van der Waals surface area contributed by atoms with Crippen molar-refractivity contribution in [3.05, 3.63) is 57.5 Å². The van der Waals surface area contributed by atoms with Gasteiger partial charge in [0.05, 0.1) is 11.3 Å². The highest BCUT2D eigenvalue weighted by molar-refractivity contribution is 5.79. The van der Waals surface area contributed by atoms with Crippen molar-refractivity contribution in [1.29, 1.82) is 0 Å². The van der Waals surface area contributed by atoms with Gasteiger partial charge >= 0.3 is 0 Å². The van der Waals surface area contributed by atoms with Gasteiger partial charge in [0, 0.05) is 50.3 Å². The summed E-state index contributed by atoms with van der Waals surface area (Å²) in [6.45, 7) is 4.47. The van der Waals surface area contributed by atoms with Gasteiger partial charge in [0.2, 0.25) is 0 Å². The summed E-state index contributed by atoms with van der Waals surface area (Å²) in [5.74, 6) is 0.817. The quantitative estimate of drug-likeness (QED) is 0.771. The fourth-order valence-corrected chi connectivity index (χ4v) is 3.41. The number of aryl methyl sites for hydroxylation is 1. The maximum Gasteiger partial charge on any atom is 0.255 e. The van der Waals surface area contributed by atoms with Crippen LogP contribution in [0.1, 0.15) is 36.0 Å². The third-order valence-electron chi connectivity index (χ3n) is 4.61. The lowest BCUT2D eigenvalue weighted by atomic mass is 10.1. The Kier molecular flexibility index (Phi) is 3.90. The molecule has 4 heterocycles. The molecule has 0 aliphatic carbocycles. The highest BCUT2D eigenvalue weighted by atomic mass is 16.1. The second-order valence-electron chi connectivity index (χ2n) is 6.36. The van der Waals surface area contributed by atoms with Crippen molar-refractivity contribution in [3.8, 4) is 0 Å². The summed E-state index contributed by atoms with van der Waals surface area (Å²) in [6, 6.07) is 4.03. The Labute approximate surface area is 140 Å². The van der Waals surface area contributed by atoms with E-state index < -0.39 is 0 Å². The van der Waals surface area contributed by atoms with E-state index in [1.54, 1.807) is 6.20 Å². The predicted octanol–water partition coefficient (Wildman–Crippen LogP) is 2.16. The second-order valence-corrected chi connectivity index (χ2v) is 6.36. The van der Waals surface area contributed by atoms with Crippen LogP contribution in [0.25, 0.3) is 11.0 Å². The number of aromatic nitrogens is 4. The molecule has 3 aromatic heterocycles. The summed E-state index contributed by atoms with van der Waals surface area (Å²) in [5.41, 5.74) is 3.94. The zero-order valence-electron chi connectivity index (χ0n) is 13.8. The van der Waals surface area contributed by atoms with Crippen molar-refractivity contribution in [1.82, 2.24) is 24.8 Å². The number of hydrogen-bond acceptors (Lipinski definition) is 4. The summed E-state index contributed by atoms with van der Waals surface area (Å²) >= 11 is 0. The maximum atomic E-state index is 12.4. The minimum Gasteiger partial charge on any atom is -0.346 e. The number of H-pyrrole nitrogens is 2. The first-order chi connectivity index (χ1) is 11.7. The van der Waals surface area contributed by atoms with Crippen molar-refractivity contribution in [2.24, 2.45) is 0 Å². The molecule has 2 N–H and O–H groups in total. The van der Waals surface area contributed by atoms with Crippen LogP contribution in [0.3, 0.4) is 0 Å². The van der Waals surface area contributed by atoms with Gasteiger partial charge in [-0.15, -0.1) is 0 Å². The monoisotopic (exact) mass is 323 g/mol. The number of rotatable bonds is 4. The molecule has 6 nitrogen and oxygen atoms in total. The molecule has 1 aliphatic rings. The van der Waals surface area contributed by atoms with E-state index in [9.17, 15) is 4.79 Å². The topological polar surface area (TPSA) is 77.7 Å². The van der Waals surface area contributed by atoms with Crippen molar-refractivity contribution in [2.45, 2.75) is 39.3 Å². The molecule has 0 saturated heterocycles. The van der Waals surface area contributed by atoms with Crippen LogP contribution in [-0.2, 0) is 25.9 Å². The lowest BCUT2D eigenvalue weighted by Crippen LogP contribution is -2.35. The number of aromatic amines is 2. The maximum absolute atomic E-state index is 12.4. The third kappa shape index (κ3) is 2.73. The highest BCUT2D eigenvalue weighted by Gasteiger charge is 2.21. The molecule has 0 amide bonds. The lowest BCUT2D eigenvalue weighted by Gasteiger charge is -2.27. The van der Waals surface area contributed by atoms with Gasteiger partial charge in [0.15, 0.2) is 0 Å². The molecular formula is C18H21N5O. The van der Waals surface area contributed by atoms with Gasteiger partial charge in [0.1, 0.15) is 11.5 Å². The first-order valence-electron chi connectivity index (χ1n) is 8.49. The molecule has 0 spiro atoms. The van der Waals surface area contributed by atoms with Gasteiger partial charge in [-0.3, -0.25) is 9.69 Å². The van der Waals surface area contributed by atoms with E-state index >= 15 is 0 Å². The SMILES string of the molecule is CCCc1nc2c(c(=O)[nH]1)CN(Cc1c[nH]c3ncccc13)CC2. The summed E-state index contributed by atoms with van der Waals surface area (Å²) in [6.07, 6.45) is 6.45. The van der Waals surface area contributed by atoms with Crippen LogP contribution in [0.15, 0.2) is 29.3 Å². The molecular weight excluding hydrogens is 302 g/mol. The number of nitrogens with one attached hydrogen (secondary N) is 2. The molecule has 0 aromatic carbocycles. The molecule has 0 atom stereocenters. The van der Waals surface area contributed by atoms with E-state index in [0.29, 0.717) is 6.54 Å². The molecule has 0 unspecified atom stereocenters. The van der Waals surface area contributed by atoms with E-state index in [0.717, 1.165) is 60.5 Å². The Hall–Kier alpha value is -2.47. The van der Waals surface area contributed by atoms with E-state index in [-0.39, 0.29) is 5.56 Å². The zero-order chi connectivity index (χ0) is 16.5. The van der Waals surface area contributed by atoms with Crippen LogP contribution in [0.5, 0.6) is 0 Å². The molecule has 0 fully saturated rings. The van der Waals surface area contributed by atoms with Crippen LogP contribution in [0.2, 0.25) is 0 Å². The van der Waals surface area contributed by atoms with Crippen LogP contribution in [0.4, 0.5) is 0 Å². The number of fused-ring (bicyclic) bond motifs is 2. The van der Waals surface area contributed by atoms with E-state index in [2.05, 4.69) is 37.8 Å². The fourth-order valence-electron chi connectivity index (χ4n) is 3.41. The average molecular weight is 323 g/mol. The number of nitrogens with zero attached hydrogens (tertiary/aromatic N) is 3. The second kappa shape index (κ2) is 6.20. The van der Waals surface area contributed by atoms with Gasteiger partial charge in [-0.2, -0.15) is 0 Å². The standard InChI is InChI=1S/C18H21N5O/c1-2-4-16-21-15-6-8-23(11-14(15)18(24)22-16)10-12-9-20-17-13(12)5-3-7-19-17/h3,5,7,9H,2,4,6,8,10-11H2,1H3,(H,19,20)(H,21,22,24). The van der Waals surface area contributed by atoms with E-state index in [1.807, 2.05) is 12.3 Å². The first kappa shape index (κ1) is 15.1. The molecule has 0 radical (unpaired) electrons. The van der Waals surface area contributed by atoms with Gasteiger partial charge in [-0.25, -0.2) is 9.97 Å². The number of hydrogen-bond donors (Lipinski definition) is 2. The van der Waals surface area contributed by atoms with Gasteiger partial charge in [-0.1, -0.05) is 6.92 Å². The Morgan fingerprint density at radius 2 is 2.29 bits per heavy atom. The highest BCUT2D eigenvalue weighted by Crippen LogP contribution is 2.21.